The van der Waals surface area contributed by atoms with E-state index in [-0.39, 0.29) is 6.61 Å². The van der Waals surface area contributed by atoms with Crippen molar-refractivity contribution in [2.24, 2.45) is 0 Å². The summed E-state index contributed by atoms with van der Waals surface area (Å²) < 4.78 is 5.95. The maximum atomic E-state index is 12.3. The molecule has 2 aromatic carbocycles. The van der Waals surface area contributed by atoms with E-state index in [9.17, 15) is 14.4 Å². The third-order valence-corrected chi connectivity index (χ3v) is 4.77. The number of hydroxylamine groups is 1. The Labute approximate surface area is 183 Å². The summed E-state index contributed by atoms with van der Waals surface area (Å²) in [6.07, 6.45) is 0.892. The number of amides is 3. The van der Waals surface area contributed by atoms with Crippen LogP contribution in [0, 0.1) is 0 Å². The molecule has 0 saturated carbocycles. The van der Waals surface area contributed by atoms with Gasteiger partial charge in [-0.05, 0) is 49.1 Å². The van der Waals surface area contributed by atoms with Gasteiger partial charge in [-0.25, -0.2) is 10.3 Å². The first-order valence-electron chi connectivity index (χ1n) is 9.44. The monoisotopic (exact) mass is 477 g/mol. The van der Waals surface area contributed by atoms with E-state index in [4.69, 9.17) is 9.94 Å². The molecule has 0 saturated heterocycles. The van der Waals surface area contributed by atoms with Gasteiger partial charge in [-0.2, -0.15) is 0 Å². The molecule has 0 radical (unpaired) electrons. The van der Waals surface area contributed by atoms with E-state index >= 15 is 0 Å². The van der Waals surface area contributed by atoms with E-state index < -0.39 is 23.9 Å². The first kappa shape index (κ1) is 23.4. The van der Waals surface area contributed by atoms with Gasteiger partial charge in [0.05, 0.1) is 0 Å². The Morgan fingerprint density at radius 2 is 1.70 bits per heavy atom. The summed E-state index contributed by atoms with van der Waals surface area (Å²) in [7, 11) is 0. The van der Waals surface area contributed by atoms with Crippen LogP contribution in [-0.2, 0) is 16.1 Å². The Bertz CT molecular complexity index is 830. The van der Waals surface area contributed by atoms with Crippen molar-refractivity contribution in [1.82, 2.24) is 16.1 Å². The van der Waals surface area contributed by atoms with Gasteiger partial charge in [0.15, 0.2) is 0 Å². The number of ether oxygens (including phenoxy) is 1. The van der Waals surface area contributed by atoms with Crippen LogP contribution >= 0.6 is 15.9 Å². The maximum absolute atomic E-state index is 12.3. The molecule has 0 aromatic heterocycles. The van der Waals surface area contributed by atoms with E-state index in [1.165, 1.54) is 0 Å². The smallest absolute Gasteiger partial charge is 0.407 e. The van der Waals surface area contributed by atoms with Crippen LogP contribution in [0.15, 0.2) is 59.1 Å². The molecule has 0 aliphatic rings. The van der Waals surface area contributed by atoms with Crippen LogP contribution in [0.3, 0.4) is 0 Å². The summed E-state index contributed by atoms with van der Waals surface area (Å²) in [5, 5.41) is 14.2. The summed E-state index contributed by atoms with van der Waals surface area (Å²) >= 11 is 3.29. The molecular formula is C21H24BrN3O5. The number of carbonyl (C=O) groups is 3. The summed E-state index contributed by atoms with van der Waals surface area (Å²) in [5.41, 5.74) is 2.87. The SMILES string of the molecule is O=C(NCCCC[C@H](NC(=O)c1ccc(Br)cc1)C(=O)NO)OCc1ccccc1. The predicted octanol–water partition coefficient (Wildman–Crippen LogP) is 3.15. The summed E-state index contributed by atoms with van der Waals surface area (Å²) in [5.74, 6) is -1.12. The largest absolute Gasteiger partial charge is 0.445 e. The Morgan fingerprint density at radius 3 is 2.37 bits per heavy atom. The lowest BCUT2D eigenvalue weighted by atomic mass is 10.1. The van der Waals surface area contributed by atoms with Crippen LogP contribution in [0.25, 0.3) is 0 Å². The second-order valence-corrected chi connectivity index (χ2v) is 7.41. The number of nitrogens with one attached hydrogen (secondary N) is 3. The first-order chi connectivity index (χ1) is 14.5. The molecule has 0 bridgehead atoms. The number of rotatable bonds is 10. The number of hydrogen-bond acceptors (Lipinski definition) is 5. The molecule has 9 heteroatoms. The molecule has 0 spiro atoms. The molecule has 0 aliphatic heterocycles. The highest BCUT2D eigenvalue weighted by atomic mass is 79.9. The van der Waals surface area contributed by atoms with Crippen LogP contribution in [0.4, 0.5) is 4.79 Å². The molecule has 0 fully saturated rings. The van der Waals surface area contributed by atoms with Crippen LogP contribution in [0.5, 0.6) is 0 Å². The number of unbranched alkanes of at least 4 members (excludes halogenated alkanes) is 1. The normalized spacial score (nSPS) is 11.3. The molecule has 0 aliphatic carbocycles. The number of hydrogen-bond donors (Lipinski definition) is 4. The lowest BCUT2D eigenvalue weighted by Gasteiger charge is -2.17. The van der Waals surface area contributed by atoms with E-state index in [0.29, 0.717) is 31.4 Å². The zero-order valence-corrected chi connectivity index (χ0v) is 17.9. The Balaban J connectivity index is 1.70. The van der Waals surface area contributed by atoms with E-state index in [1.807, 2.05) is 30.3 Å². The minimum Gasteiger partial charge on any atom is -0.445 e. The average Bonchev–Trinajstić information content (AvgIpc) is 2.77. The van der Waals surface area contributed by atoms with Crippen LogP contribution in [0.2, 0.25) is 0 Å². The van der Waals surface area contributed by atoms with Gasteiger partial charge in [0.1, 0.15) is 12.6 Å². The molecule has 0 unspecified atom stereocenters. The van der Waals surface area contributed by atoms with Gasteiger partial charge in [0.25, 0.3) is 11.8 Å². The Hall–Kier alpha value is -2.91. The van der Waals surface area contributed by atoms with Gasteiger partial charge in [0.2, 0.25) is 0 Å². The standard InChI is InChI=1S/C21H24BrN3O5/c22-17-11-9-16(10-12-17)19(26)24-18(20(27)25-29)8-4-5-13-23-21(28)30-14-15-6-2-1-3-7-15/h1-3,6-7,9-12,18,29H,4-5,8,13-14H2,(H,23,28)(H,24,26)(H,25,27)/t18-/m0/s1. The molecule has 160 valence electrons. The number of carbonyl (C=O) groups excluding carboxylic acids is 3. The topological polar surface area (TPSA) is 117 Å². The van der Waals surface area contributed by atoms with Crippen molar-refractivity contribution in [3.63, 3.8) is 0 Å². The minimum absolute atomic E-state index is 0.188. The maximum Gasteiger partial charge on any atom is 0.407 e. The zero-order chi connectivity index (χ0) is 21.8. The summed E-state index contributed by atoms with van der Waals surface area (Å²) in [4.78, 5) is 35.8. The second-order valence-electron chi connectivity index (χ2n) is 6.49. The average molecular weight is 478 g/mol. The fraction of sp³-hybridized carbons (Fsp3) is 0.286. The fourth-order valence-electron chi connectivity index (χ4n) is 2.63. The molecule has 3 amide bonds. The fourth-order valence-corrected chi connectivity index (χ4v) is 2.89. The van der Waals surface area contributed by atoms with E-state index in [1.54, 1.807) is 29.7 Å². The van der Waals surface area contributed by atoms with Crippen molar-refractivity contribution >= 4 is 33.8 Å². The van der Waals surface area contributed by atoms with Gasteiger partial charge in [-0.3, -0.25) is 14.8 Å². The Kier molecular flexibility index (Phi) is 9.82. The van der Waals surface area contributed by atoms with Crippen molar-refractivity contribution < 1.29 is 24.3 Å². The third-order valence-electron chi connectivity index (χ3n) is 4.24. The number of halogens is 1. The predicted molar refractivity (Wildman–Crippen MR) is 114 cm³/mol. The molecule has 2 rings (SSSR count). The molecule has 2 aromatic rings. The van der Waals surface area contributed by atoms with Crippen molar-refractivity contribution in [2.45, 2.75) is 31.9 Å². The third kappa shape index (κ3) is 8.22. The zero-order valence-electron chi connectivity index (χ0n) is 16.3. The second kappa shape index (κ2) is 12.6. The summed E-state index contributed by atoms with van der Waals surface area (Å²) in [6, 6.07) is 15.1. The first-order valence-corrected chi connectivity index (χ1v) is 10.2. The lowest BCUT2D eigenvalue weighted by molar-refractivity contribution is -0.131. The molecule has 30 heavy (non-hydrogen) atoms. The van der Waals surface area contributed by atoms with Crippen LogP contribution in [-0.4, -0.2) is 35.7 Å². The van der Waals surface area contributed by atoms with Crippen LogP contribution < -0.4 is 16.1 Å². The van der Waals surface area contributed by atoms with Gasteiger partial charge in [-0.15, -0.1) is 0 Å². The van der Waals surface area contributed by atoms with Crippen molar-refractivity contribution in [1.29, 1.82) is 0 Å². The molecule has 8 nitrogen and oxygen atoms in total. The van der Waals surface area contributed by atoms with Crippen molar-refractivity contribution in [3.8, 4) is 0 Å². The van der Waals surface area contributed by atoms with Crippen molar-refractivity contribution in [3.05, 3.63) is 70.2 Å². The quantitative estimate of drug-likeness (QED) is 0.238. The van der Waals surface area contributed by atoms with E-state index in [2.05, 4.69) is 26.6 Å². The lowest BCUT2D eigenvalue weighted by Crippen LogP contribution is -2.45. The van der Waals surface area contributed by atoms with Crippen molar-refractivity contribution in [2.75, 3.05) is 6.54 Å². The summed E-state index contributed by atoms with van der Waals surface area (Å²) in [6.45, 7) is 0.551. The van der Waals surface area contributed by atoms with Gasteiger partial charge >= 0.3 is 6.09 Å². The van der Waals surface area contributed by atoms with E-state index in [0.717, 1.165) is 10.0 Å². The molecular weight excluding hydrogens is 454 g/mol. The van der Waals surface area contributed by atoms with Gasteiger partial charge < -0.3 is 15.4 Å². The van der Waals surface area contributed by atoms with Crippen LogP contribution in [0.1, 0.15) is 35.2 Å². The highest BCUT2D eigenvalue weighted by Gasteiger charge is 2.20. The van der Waals surface area contributed by atoms with Gasteiger partial charge in [0, 0.05) is 16.6 Å². The highest BCUT2D eigenvalue weighted by Crippen LogP contribution is 2.11. The molecule has 1 atom stereocenters. The minimum atomic E-state index is -0.892. The number of benzene rings is 2. The number of alkyl carbamates (subject to hydrolysis) is 1. The van der Waals surface area contributed by atoms with Gasteiger partial charge in [-0.1, -0.05) is 46.3 Å². The molecule has 0 heterocycles. The highest BCUT2D eigenvalue weighted by molar-refractivity contribution is 9.10. The molecule has 4 N–H and O–H groups in total. The Morgan fingerprint density at radius 1 is 1.00 bits per heavy atom.